The number of rotatable bonds is 3. The average molecular weight is 238 g/mol. The number of nitrogens with one attached hydrogen (secondary N) is 1. The molecule has 1 N–H and O–H groups in total. The first-order chi connectivity index (χ1) is 6.11. The lowest BCUT2D eigenvalue weighted by Gasteiger charge is -2.04. The molecule has 2 nitrogen and oxygen atoms in total. The molecule has 1 unspecified atom stereocenters. The summed E-state index contributed by atoms with van der Waals surface area (Å²) in [6.07, 6.45) is 0. The van der Waals surface area contributed by atoms with Crippen molar-refractivity contribution in [3.05, 3.63) is 21.3 Å². The molecule has 0 saturated heterocycles. The minimum atomic E-state index is -0.160. The van der Waals surface area contributed by atoms with Gasteiger partial charge in [0.2, 0.25) is 0 Å². The second-order valence-corrected chi connectivity index (χ2v) is 4.66. The molecule has 0 saturated carbocycles. The first kappa shape index (κ1) is 10.8. The topological polar surface area (TPSA) is 29.1 Å². The molecule has 0 aliphatic rings. The van der Waals surface area contributed by atoms with Crippen LogP contribution in [0.2, 0.25) is 5.02 Å². The lowest BCUT2D eigenvalue weighted by molar-refractivity contribution is 0.0958. The van der Waals surface area contributed by atoms with Gasteiger partial charge in [-0.25, -0.2) is 0 Å². The summed E-state index contributed by atoms with van der Waals surface area (Å²) in [6.45, 7) is 2.27. The van der Waals surface area contributed by atoms with Gasteiger partial charge in [0.25, 0.3) is 5.91 Å². The maximum absolute atomic E-state index is 11.4. The smallest absolute Gasteiger partial charge is 0.262 e. The van der Waals surface area contributed by atoms with Crippen LogP contribution in [0.5, 0.6) is 0 Å². The van der Waals surface area contributed by atoms with Crippen LogP contribution in [0.15, 0.2) is 11.4 Å². The highest BCUT2D eigenvalue weighted by Gasteiger charge is 2.11. The molecule has 0 aliphatic heterocycles. The average Bonchev–Trinajstić information content (AvgIpc) is 2.47. The predicted octanol–water partition coefficient (Wildman–Crippen LogP) is 2.76. The quantitative estimate of drug-likeness (QED) is 0.806. The fraction of sp³-hybridized carbons (Fsp3) is 0.375. The summed E-state index contributed by atoms with van der Waals surface area (Å²) >= 11 is 12.8. The van der Waals surface area contributed by atoms with Crippen molar-refractivity contribution in [3.8, 4) is 0 Å². The van der Waals surface area contributed by atoms with Crippen molar-refractivity contribution in [3.63, 3.8) is 0 Å². The highest BCUT2D eigenvalue weighted by Crippen LogP contribution is 2.21. The van der Waals surface area contributed by atoms with Gasteiger partial charge in [-0.2, -0.15) is 0 Å². The van der Waals surface area contributed by atoms with Gasteiger partial charge in [-0.1, -0.05) is 11.6 Å². The summed E-state index contributed by atoms with van der Waals surface area (Å²) < 4.78 is 0. The molecule has 13 heavy (non-hydrogen) atoms. The molecule has 1 rings (SSSR count). The Labute approximate surface area is 90.8 Å². The summed E-state index contributed by atoms with van der Waals surface area (Å²) in [5, 5.41) is 4.88. The van der Waals surface area contributed by atoms with Gasteiger partial charge in [-0.05, 0) is 18.4 Å². The molecular formula is C8H9Cl2NOS. The van der Waals surface area contributed by atoms with Crippen LogP contribution in [-0.4, -0.2) is 17.8 Å². The third-order valence-electron chi connectivity index (χ3n) is 1.37. The molecule has 0 fully saturated rings. The highest BCUT2D eigenvalue weighted by molar-refractivity contribution is 7.12. The third-order valence-corrected chi connectivity index (χ3v) is 2.86. The van der Waals surface area contributed by atoms with E-state index >= 15 is 0 Å². The van der Waals surface area contributed by atoms with Crippen molar-refractivity contribution in [1.82, 2.24) is 5.32 Å². The zero-order valence-electron chi connectivity index (χ0n) is 7.01. The van der Waals surface area contributed by atoms with E-state index < -0.39 is 0 Å². The van der Waals surface area contributed by atoms with Crippen LogP contribution < -0.4 is 5.32 Å². The van der Waals surface area contributed by atoms with Gasteiger partial charge in [0.1, 0.15) is 4.88 Å². The summed E-state index contributed by atoms with van der Waals surface area (Å²) in [6, 6.07) is 1.70. The maximum Gasteiger partial charge on any atom is 0.262 e. The SMILES string of the molecule is CC(Cl)CNC(=O)c1sccc1Cl. The van der Waals surface area contributed by atoms with Crippen molar-refractivity contribution in [1.29, 1.82) is 0 Å². The molecule has 0 spiro atoms. The molecule has 1 amide bonds. The molecule has 0 radical (unpaired) electrons. The van der Waals surface area contributed by atoms with Gasteiger partial charge < -0.3 is 5.32 Å². The first-order valence-electron chi connectivity index (χ1n) is 3.76. The van der Waals surface area contributed by atoms with Gasteiger partial charge in [0, 0.05) is 11.9 Å². The van der Waals surface area contributed by atoms with Crippen molar-refractivity contribution in [2.24, 2.45) is 0 Å². The Balaban J connectivity index is 2.54. The van der Waals surface area contributed by atoms with Crippen LogP contribution >= 0.6 is 34.5 Å². The standard InChI is InChI=1S/C8H9Cl2NOS/c1-5(9)4-11-8(12)7-6(10)2-3-13-7/h2-3,5H,4H2,1H3,(H,11,12). The van der Waals surface area contributed by atoms with E-state index in [1.165, 1.54) is 11.3 Å². The van der Waals surface area contributed by atoms with Crippen LogP contribution in [0.4, 0.5) is 0 Å². The zero-order chi connectivity index (χ0) is 9.84. The molecule has 1 aromatic heterocycles. The Hall–Kier alpha value is -0.250. The van der Waals surface area contributed by atoms with Gasteiger partial charge in [-0.15, -0.1) is 22.9 Å². The lowest BCUT2D eigenvalue weighted by Crippen LogP contribution is -2.27. The van der Waals surface area contributed by atoms with Crippen LogP contribution in [0.25, 0.3) is 0 Å². The minimum absolute atomic E-state index is 0.0670. The number of carbonyl (C=O) groups is 1. The Morgan fingerprint density at radius 1 is 1.77 bits per heavy atom. The van der Waals surface area contributed by atoms with Crippen LogP contribution in [-0.2, 0) is 0 Å². The summed E-state index contributed by atoms with van der Waals surface area (Å²) in [5.74, 6) is -0.160. The molecular weight excluding hydrogens is 229 g/mol. The molecule has 5 heteroatoms. The van der Waals surface area contributed by atoms with Crippen LogP contribution in [0.3, 0.4) is 0 Å². The monoisotopic (exact) mass is 237 g/mol. The van der Waals surface area contributed by atoms with E-state index in [1.54, 1.807) is 11.4 Å². The highest BCUT2D eigenvalue weighted by atomic mass is 35.5. The van der Waals surface area contributed by atoms with E-state index in [9.17, 15) is 4.79 Å². The van der Waals surface area contributed by atoms with Crippen molar-refractivity contribution in [2.45, 2.75) is 12.3 Å². The second kappa shape index (κ2) is 4.84. The summed E-state index contributed by atoms with van der Waals surface area (Å²) in [5.41, 5.74) is 0. The summed E-state index contributed by atoms with van der Waals surface area (Å²) in [4.78, 5) is 11.9. The molecule has 72 valence electrons. The molecule has 0 aliphatic carbocycles. The number of hydrogen-bond acceptors (Lipinski definition) is 2. The fourth-order valence-electron chi connectivity index (χ4n) is 0.769. The Bertz CT molecular complexity index is 298. The fourth-order valence-corrected chi connectivity index (χ4v) is 1.90. The molecule has 0 aromatic carbocycles. The number of hydrogen-bond donors (Lipinski definition) is 1. The van der Waals surface area contributed by atoms with Crippen LogP contribution in [0, 0.1) is 0 Å². The van der Waals surface area contributed by atoms with E-state index in [2.05, 4.69) is 5.32 Å². The maximum atomic E-state index is 11.4. The van der Waals surface area contributed by atoms with Crippen molar-refractivity contribution >= 4 is 40.4 Å². The Morgan fingerprint density at radius 2 is 2.46 bits per heavy atom. The van der Waals surface area contributed by atoms with Gasteiger partial charge in [0.05, 0.1) is 5.02 Å². The van der Waals surface area contributed by atoms with Crippen molar-refractivity contribution in [2.75, 3.05) is 6.54 Å². The Morgan fingerprint density at radius 3 is 2.92 bits per heavy atom. The minimum Gasteiger partial charge on any atom is -0.350 e. The van der Waals surface area contributed by atoms with E-state index in [4.69, 9.17) is 23.2 Å². The Kier molecular flexibility index (Phi) is 4.03. The van der Waals surface area contributed by atoms with E-state index in [1.807, 2.05) is 6.92 Å². The van der Waals surface area contributed by atoms with E-state index in [0.717, 1.165) is 0 Å². The zero-order valence-corrected chi connectivity index (χ0v) is 9.34. The molecule has 0 bridgehead atoms. The van der Waals surface area contributed by atoms with Gasteiger partial charge in [0.15, 0.2) is 0 Å². The van der Waals surface area contributed by atoms with Gasteiger partial charge in [-0.3, -0.25) is 4.79 Å². The van der Waals surface area contributed by atoms with E-state index in [-0.39, 0.29) is 11.3 Å². The normalized spacial score (nSPS) is 12.5. The van der Waals surface area contributed by atoms with Crippen LogP contribution in [0.1, 0.15) is 16.6 Å². The largest absolute Gasteiger partial charge is 0.350 e. The number of amides is 1. The molecule has 1 atom stereocenters. The lowest BCUT2D eigenvalue weighted by atomic mass is 10.4. The first-order valence-corrected chi connectivity index (χ1v) is 5.46. The number of thiophene rings is 1. The van der Waals surface area contributed by atoms with E-state index in [0.29, 0.717) is 16.4 Å². The van der Waals surface area contributed by atoms with Gasteiger partial charge >= 0.3 is 0 Å². The molecule has 1 aromatic rings. The number of alkyl halides is 1. The predicted molar refractivity (Wildman–Crippen MR) is 57.0 cm³/mol. The number of carbonyl (C=O) groups excluding carboxylic acids is 1. The molecule has 1 heterocycles. The summed E-state index contributed by atoms with van der Waals surface area (Å²) in [7, 11) is 0. The number of halogens is 2. The third kappa shape index (κ3) is 3.18. The second-order valence-electron chi connectivity index (χ2n) is 2.59. The van der Waals surface area contributed by atoms with Crippen molar-refractivity contribution < 1.29 is 4.79 Å².